The third-order valence-electron chi connectivity index (χ3n) is 3.52. The SMILES string of the molecule is CN=C(NCCCn1cccn1)N(C)Cc1ccc(C)cc1. The van der Waals surface area contributed by atoms with Crippen molar-refractivity contribution in [3.8, 4) is 0 Å². The summed E-state index contributed by atoms with van der Waals surface area (Å²) in [6, 6.07) is 10.6. The van der Waals surface area contributed by atoms with Gasteiger partial charge in [0.15, 0.2) is 5.96 Å². The topological polar surface area (TPSA) is 45.5 Å². The van der Waals surface area contributed by atoms with Crippen LogP contribution in [0.1, 0.15) is 17.5 Å². The molecule has 1 heterocycles. The van der Waals surface area contributed by atoms with Gasteiger partial charge in [-0.3, -0.25) is 9.67 Å². The summed E-state index contributed by atoms with van der Waals surface area (Å²) in [5.74, 6) is 0.918. The Morgan fingerprint density at radius 1 is 1.32 bits per heavy atom. The fourth-order valence-corrected chi connectivity index (χ4v) is 2.30. The molecule has 0 atom stereocenters. The summed E-state index contributed by atoms with van der Waals surface area (Å²) < 4.78 is 1.94. The average molecular weight is 299 g/mol. The van der Waals surface area contributed by atoms with E-state index >= 15 is 0 Å². The third-order valence-corrected chi connectivity index (χ3v) is 3.52. The summed E-state index contributed by atoms with van der Waals surface area (Å²) in [7, 11) is 3.88. The molecule has 0 fully saturated rings. The molecule has 0 aliphatic heterocycles. The van der Waals surface area contributed by atoms with Crippen LogP contribution in [0.3, 0.4) is 0 Å². The van der Waals surface area contributed by atoms with E-state index in [-0.39, 0.29) is 0 Å². The summed E-state index contributed by atoms with van der Waals surface area (Å²) in [5.41, 5.74) is 2.57. The van der Waals surface area contributed by atoms with E-state index in [2.05, 4.69) is 58.5 Å². The summed E-state index contributed by atoms with van der Waals surface area (Å²) in [4.78, 5) is 6.48. The van der Waals surface area contributed by atoms with E-state index in [1.165, 1.54) is 11.1 Å². The lowest BCUT2D eigenvalue weighted by atomic mass is 10.1. The van der Waals surface area contributed by atoms with Crippen LogP contribution < -0.4 is 5.32 Å². The van der Waals surface area contributed by atoms with Crippen molar-refractivity contribution in [2.45, 2.75) is 26.4 Å². The van der Waals surface area contributed by atoms with Crippen LogP contribution in [0.4, 0.5) is 0 Å². The van der Waals surface area contributed by atoms with Gasteiger partial charge >= 0.3 is 0 Å². The van der Waals surface area contributed by atoms with Gasteiger partial charge in [0.2, 0.25) is 0 Å². The largest absolute Gasteiger partial charge is 0.356 e. The van der Waals surface area contributed by atoms with Gasteiger partial charge in [0.1, 0.15) is 0 Å². The quantitative estimate of drug-likeness (QED) is 0.506. The monoisotopic (exact) mass is 299 g/mol. The molecule has 5 heteroatoms. The van der Waals surface area contributed by atoms with Gasteiger partial charge in [-0.25, -0.2) is 0 Å². The first-order valence-corrected chi connectivity index (χ1v) is 7.64. The summed E-state index contributed by atoms with van der Waals surface area (Å²) in [6.45, 7) is 4.75. The summed E-state index contributed by atoms with van der Waals surface area (Å²) in [6.07, 6.45) is 4.80. The molecular weight excluding hydrogens is 274 g/mol. The third kappa shape index (κ3) is 4.91. The minimum Gasteiger partial charge on any atom is -0.356 e. The molecule has 0 saturated carbocycles. The number of aromatic nitrogens is 2. The first-order chi connectivity index (χ1) is 10.7. The normalized spacial score (nSPS) is 11.5. The van der Waals surface area contributed by atoms with E-state index in [4.69, 9.17) is 0 Å². The number of aliphatic imine (C=N–C) groups is 1. The molecular formula is C17H25N5. The second kappa shape index (κ2) is 8.22. The molecule has 22 heavy (non-hydrogen) atoms. The number of hydrogen-bond donors (Lipinski definition) is 1. The molecule has 2 aromatic rings. The van der Waals surface area contributed by atoms with Crippen molar-refractivity contribution in [1.82, 2.24) is 20.0 Å². The minimum atomic E-state index is 0.846. The molecule has 0 amide bonds. The van der Waals surface area contributed by atoms with Gasteiger partial charge in [-0.15, -0.1) is 0 Å². The smallest absolute Gasteiger partial charge is 0.193 e. The van der Waals surface area contributed by atoms with Crippen LogP contribution in [-0.2, 0) is 13.1 Å². The van der Waals surface area contributed by atoms with Crippen molar-refractivity contribution in [3.63, 3.8) is 0 Å². The molecule has 1 N–H and O–H groups in total. The van der Waals surface area contributed by atoms with Crippen LogP contribution in [0.25, 0.3) is 0 Å². The highest BCUT2D eigenvalue weighted by atomic mass is 15.3. The summed E-state index contributed by atoms with van der Waals surface area (Å²) in [5, 5.41) is 7.60. The van der Waals surface area contributed by atoms with Gasteiger partial charge in [-0.1, -0.05) is 29.8 Å². The average Bonchev–Trinajstić information content (AvgIpc) is 3.03. The standard InChI is InChI=1S/C17H25N5/c1-15-6-8-16(9-7-15)14-21(3)17(18-2)19-10-4-12-22-13-5-11-20-22/h5-9,11,13H,4,10,12,14H2,1-3H3,(H,18,19). The zero-order valence-electron chi connectivity index (χ0n) is 13.7. The number of nitrogens with one attached hydrogen (secondary N) is 1. The predicted octanol–water partition coefficient (Wildman–Crippen LogP) is 2.29. The van der Waals surface area contributed by atoms with Crippen molar-refractivity contribution in [2.75, 3.05) is 20.6 Å². The Bertz CT molecular complexity index is 572. The van der Waals surface area contributed by atoms with Crippen molar-refractivity contribution in [3.05, 3.63) is 53.9 Å². The fourth-order valence-electron chi connectivity index (χ4n) is 2.30. The Kier molecular flexibility index (Phi) is 6.01. The molecule has 1 aromatic carbocycles. The highest BCUT2D eigenvalue weighted by Crippen LogP contribution is 2.06. The van der Waals surface area contributed by atoms with Crippen LogP contribution in [0.15, 0.2) is 47.7 Å². The molecule has 2 rings (SSSR count). The molecule has 0 radical (unpaired) electrons. The highest BCUT2D eigenvalue weighted by Gasteiger charge is 2.06. The van der Waals surface area contributed by atoms with E-state index in [0.29, 0.717) is 0 Å². The van der Waals surface area contributed by atoms with Gasteiger partial charge in [-0.2, -0.15) is 5.10 Å². The maximum absolute atomic E-state index is 4.35. The molecule has 0 unspecified atom stereocenters. The number of aryl methyl sites for hydroxylation is 2. The molecule has 0 aliphatic carbocycles. The molecule has 0 spiro atoms. The van der Waals surface area contributed by atoms with Gasteiger partial charge in [0.25, 0.3) is 0 Å². The molecule has 0 bridgehead atoms. The lowest BCUT2D eigenvalue weighted by Gasteiger charge is -2.22. The van der Waals surface area contributed by atoms with Crippen LogP contribution in [0, 0.1) is 6.92 Å². The second-order valence-electron chi connectivity index (χ2n) is 5.44. The number of nitrogens with zero attached hydrogens (tertiary/aromatic N) is 4. The Hall–Kier alpha value is -2.30. The van der Waals surface area contributed by atoms with Crippen LogP contribution in [0.2, 0.25) is 0 Å². The zero-order valence-corrected chi connectivity index (χ0v) is 13.7. The molecule has 1 aromatic heterocycles. The Morgan fingerprint density at radius 3 is 2.73 bits per heavy atom. The van der Waals surface area contributed by atoms with Gasteiger partial charge in [0.05, 0.1) is 0 Å². The van der Waals surface area contributed by atoms with E-state index < -0.39 is 0 Å². The van der Waals surface area contributed by atoms with Crippen molar-refractivity contribution < 1.29 is 0 Å². The molecule has 0 saturated heterocycles. The fraction of sp³-hybridized carbons (Fsp3) is 0.412. The summed E-state index contributed by atoms with van der Waals surface area (Å²) >= 11 is 0. The lowest BCUT2D eigenvalue weighted by Crippen LogP contribution is -2.39. The zero-order chi connectivity index (χ0) is 15.8. The number of benzene rings is 1. The maximum Gasteiger partial charge on any atom is 0.193 e. The molecule has 0 aliphatic rings. The molecule has 5 nitrogen and oxygen atoms in total. The Morgan fingerprint density at radius 2 is 2.09 bits per heavy atom. The van der Waals surface area contributed by atoms with E-state index in [1.54, 1.807) is 0 Å². The minimum absolute atomic E-state index is 0.846. The Balaban J connectivity index is 1.76. The lowest BCUT2D eigenvalue weighted by molar-refractivity contribution is 0.471. The first-order valence-electron chi connectivity index (χ1n) is 7.64. The number of hydrogen-bond acceptors (Lipinski definition) is 2. The van der Waals surface area contributed by atoms with Gasteiger partial charge < -0.3 is 10.2 Å². The van der Waals surface area contributed by atoms with E-state index in [0.717, 1.165) is 32.0 Å². The first kappa shape index (κ1) is 16.1. The predicted molar refractivity (Wildman–Crippen MR) is 90.9 cm³/mol. The van der Waals surface area contributed by atoms with Crippen LogP contribution in [-0.4, -0.2) is 41.3 Å². The number of rotatable bonds is 6. The number of guanidine groups is 1. The maximum atomic E-state index is 4.35. The van der Waals surface area contributed by atoms with Crippen molar-refractivity contribution >= 4 is 5.96 Å². The van der Waals surface area contributed by atoms with Crippen LogP contribution in [0.5, 0.6) is 0 Å². The van der Waals surface area contributed by atoms with Crippen molar-refractivity contribution in [2.24, 2.45) is 4.99 Å². The second-order valence-corrected chi connectivity index (χ2v) is 5.44. The van der Waals surface area contributed by atoms with Crippen molar-refractivity contribution in [1.29, 1.82) is 0 Å². The van der Waals surface area contributed by atoms with Crippen LogP contribution >= 0.6 is 0 Å². The molecule has 118 valence electrons. The van der Waals surface area contributed by atoms with Gasteiger partial charge in [0, 0.05) is 46.1 Å². The highest BCUT2D eigenvalue weighted by molar-refractivity contribution is 5.79. The van der Waals surface area contributed by atoms with E-state index in [1.807, 2.05) is 30.2 Å². The van der Waals surface area contributed by atoms with E-state index in [9.17, 15) is 0 Å². The van der Waals surface area contributed by atoms with Gasteiger partial charge in [-0.05, 0) is 25.0 Å². The Labute approximate surface area is 132 Å².